The van der Waals surface area contributed by atoms with Gasteiger partial charge < -0.3 is 15.1 Å². The molecule has 136 valence electrons. The highest BCUT2D eigenvalue weighted by molar-refractivity contribution is 5.93. The molecule has 1 N–H and O–H groups in total. The Kier molecular flexibility index (Phi) is 6.52. The number of nitrogens with zero attached hydrogens (tertiary/aromatic N) is 3. The van der Waals surface area contributed by atoms with E-state index in [9.17, 15) is 14.4 Å². The molecule has 1 aliphatic rings. The zero-order valence-corrected chi connectivity index (χ0v) is 15.1. The van der Waals surface area contributed by atoms with Crippen LogP contribution >= 0.6 is 0 Å². The van der Waals surface area contributed by atoms with Crippen LogP contribution in [0.4, 0.5) is 0 Å². The average molecular weight is 346 g/mol. The summed E-state index contributed by atoms with van der Waals surface area (Å²) in [7, 11) is 3.50. The second-order valence-electron chi connectivity index (χ2n) is 6.34. The van der Waals surface area contributed by atoms with Crippen LogP contribution in [-0.2, 0) is 16.1 Å². The maximum atomic E-state index is 12.4. The van der Waals surface area contributed by atoms with Gasteiger partial charge in [0.1, 0.15) is 0 Å². The standard InChI is InChI=1S/C18H26N4O3/c1-14(23)21-8-10-22(11-9-21)17(24)13-20(3)12-15-4-6-16(7-5-15)18(25)19-2/h4-7H,8-13H2,1-3H3,(H,19,25). The summed E-state index contributed by atoms with van der Waals surface area (Å²) in [5.41, 5.74) is 1.66. The van der Waals surface area contributed by atoms with Gasteiger partial charge in [0.15, 0.2) is 0 Å². The molecular weight excluding hydrogens is 320 g/mol. The van der Waals surface area contributed by atoms with Crippen LogP contribution in [0.15, 0.2) is 24.3 Å². The van der Waals surface area contributed by atoms with Gasteiger partial charge in [0, 0.05) is 52.3 Å². The number of amides is 3. The van der Waals surface area contributed by atoms with Gasteiger partial charge in [-0.3, -0.25) is 19.3 Å². The van der Waals surface area contributed by atoms with Crippen LogP contribution in [0.25, 0.3) is 0 Å². The molecule has 1 aliphatic heterocycles. The highest BCUT2D eigenvalue weighted by atomic mass is 16.2. The van der Waals surface area contributed by atoms with Crippen molar-refractivity contribution in [1.82, 2.24) is 20.0 Å². The van der Waals surface area contributed by atoms with Crippen LogP contribution in [0.1, 0.15) is 22.8 Å². The van der Waals surface area contributed by atoms with E-state index < -0.39 is 0 Å². The van der Waals surface area contributed by atoms with E-state index in [-0.39, 0.29) is 17.7 Å². The van der Waals surface area contributed by atoms with Crippen molar-refractivity contribution in [3.63, 3.8) is 0 Å². The van der Waals surface area contributed by atoms with Crippen molar-refractivity contribution in [3.05, 3.63) is 35.4 Å². The van der Waals surface area contributed by atoms with Gasteiger partial charge >= 0.3 is 0 Å². The van der Waals surface area contributed by atoms with Crippen molar-refractivity contribution in [2.45, 2.75) is 13.5 Å². The molecule has 0 spiro atoms. The Balaban J connectivity index is 1.81. The molecule has 7 heteroatoms. The van der Waals surface area contributed by atoms with E-state index in [1.54, 1.807) is 31.0 Å². The molecule has 0 unspecified atom stereocenters. The highest BCUT2D eigenvalue weighted by Crippen LogP contribution is 2.08. The van der Waals surface area contributed by atoms with E-state index >= 15 is 0 Å². The Bertz CT molecular complexity index is 622. The van der Waals surface area contributed by atoms with Gasteiger partial charge in [-0.15, -0.1) is 0 Å². The number of hydrogen-bond acceptors (Lipinski definition) is 4. The number of nitrogens with one attached hydrogen (secondary N) is 1. The van der Waals surface area contributed by atoms with E-state index in [0.717, 1.165) is 5.56 Å². The van der Waals surface area contributed by atoms with Crippen molar-refractivity contribution in [1.29, 1.82) is 0 Å². The van der Waals surface area contributed by atoms with Crippen LogP contribution in [0.3, 0.4) is 0 Å². The second kappa shape index (κ2) is 8.62. The predicted octanol–water partition coefficient (Wildman–Crippen LogP) is 0.169. The van der Waals surface area contributed by atoms with E-state index in [1.807, 2.05) is 29.0 Å². The van der Waals surface area contributed by atoms with E-state index in [1.165, 1.54) is 0 Å². The maximum Gasteiger partial charge on any atom is 0.251 e. The molecule has 2 rings (SSSR count). The van der Waals surface area contributed by atoms with Gasteiger partial charge in [0.05, 0.1) is 6.54 Å². The lowest BCUT2D eigenvalue weighted by molar-refractivity contribution is -0.139. The summed E-state index contributed by atoms with van der Waals surface area (Å²) in [5.74, 6) is 0.0249. The van der Waals surface area contributed by atoms with Crippen molar-refractivity contribution < 1.29 is 14.4 Å². The second-order valence-corrected chi connectivity index (χ2v) is 6.34. The zero-order valence-electron chi connectivity index (χ0n) is 15.1. The summed E-state index contributed by atoms with van der Waals surface area (Å²) in [6.45, 7) is 4.91. The lowest BCUT2D eigenvalue weighted by Gasteiger charge is -2.35. The quantitative estimate of drug-likeness (QED) is 0.825. The Labute approximate surface area is 148 Å². The molecule has 0 aromatic heterocycles. The first-order chi connectivity index (χ1) is 11.9. The molecule has 0 radical (unpaired) electrons. The topological polar surface area (TPSA) is 73.0 Å². The first-order valence-electron chi connectivity index (χ1n) is 8.43. The van der Waals surface area contributed by atoms with Crippen LogP contribution in [-0.4, -0.2) is 79.2 Å². The molecule has 0 saturated carbocycles. The Morgan fingerprint density at radius 1 is 1.04 bits per heavy atom. The van der Waals surface area contributed by atoms with Gasteiger partial charge in [0.2, 0.25) is 11.8 Å². The third-order valence-electron chi connectivity index (χ3n) is 4.38. The monoisotopic (exact) mass is 346 g/mol. The summed E-state index contributed by atoms with van der Waals surface area (Å²) in [6, 6.07) is 7.37. The number of likely N-dealkylation sites (N-methyl/N-ethyl adjacent to an activating group) is 1. The smallest absolute Gasteiger partial charge is 0.251 e. The lowest BCUT2D eigenvalue weighted by atomic mass is 10.1. The first-order valence-corrected chi connectivity index (χ1v) is 8.43. The third kappa shape index (κ3) is 5.29. The maximum absolute atomic E-state index is 12.4. The van der Waals surface area contributed by atoms with E-state index in [4.69, 9.17) is 0 Å². The Morgan fingerprint density at radius 3 is 2.12 bits per heavy atom. The Morgan fingerprint density at radius 2 is 1.60 bits per heavy atom. The van der Waals surface area contributed by atoms with Crippen LogP contribution in [0.2, 0.25) is 0 Å². The first kappa shape index (κ1) is 18.9. The van der Waals surface area contributed by atoms with Crippen LogP contribution in [0, 0.1) is 0 Å². The molecule has 1 saturated heterocycles. The molecule has 1 heterocycles. The minimum absolute atomic E-state index is 0.0596. The van der Waals surface area contributed by atoms with Gasteiger partial charge in [-0.2, -0.15) is 0 Å². The van der Waals surface area contributed by atoms with Crippen molar-refractivity contribution in [2.24, 2.45) is 0 Å². The fourth-order valence-corrected chi connectivity index (χ4v) is 2.88. The van der Waals surface area contributed by atoms with Crippen molar-refractivity contribution in [2.75, 3.05) is 46.8 Å². The molecule has 0 aliphatic carbocycles. The fraction of sp³-hybridized carbons (Fsp3) is 0.500. The molecule has 0 bridgehead atoms. The van der Waals surface area contributed by atoms with E-state index in [2.05, 4.69) is 5.32 Å². The molecule has 1 aromatic rings. The van der Waals surface area contributed by atoms with Gasteiger partial charge in [-0.1, -0.05) is 12.1 Å². The van der Waals surface area contributed by atoms with Gasteiger partial charge in [0.25, 0.3) is 5.91 Å². The normalized spacial score (nSPS) is 14.6. The summed E-state index contributed by atoms with van der Waals surface area (Å²) in [4.78, 5) is 40.8. The average Bonchev–Trinajstić information content (AvgIpc) is 2.61. The summed E-state index contributed by atoms with van der Waals surface area (Å²) < 4.78 is 0. The van der Waals surface area contributed by atoms with Crippen LogP contribution in [0.5, 0.6) is 0 Å². The van der Waals surface area contributed by atoms with Crippen LogP contribution < -0.4 is 5.32 Å². The molecule has 3 amide bonds. The SMILES string of the molecule is CNC(=O)c1ccc(CN(C)CC(=O)N2CCN(C(C)=O)CC2)cc1. The number of hydrogen-bond donors (Lipinski definition) is 1. The number of piperazine rings is 1. The minimum atomic E-state index is -0.111. The number of carbonyl (C=O) groups is 3. The lowest BCUT2D eigenvalue weighted by Crippen LogP contribution is -2.51. The van der Waals surface area contributed by atoms with E-state index in [0.29, 0.717) is 44.8 Å². The number of benzene rings is 1. The molecule has 0 atom stereocenters. The largest absolute Gasteiger partial charge is 0.355 e. The molecule has 1 aromatic carbocycles. The minimum Gasteiger partial charge on any atom is -0.355 e. The van der Waals surface area contributed by atoms with Crippen molar-refractivity contribution >= 4 is 17.7 Å². The van der Waals surface area contributed by atoms with Gasteiger partial charge in [-0.25, -0.2) is 0 Å². The fourth-order valence-electron chi connectivity index (χ4n) is 2.88. The summed E-state index contributed by atoms with van der Waals surface area (Å²) in [6.07, 6.45) is 0. The summed E-state index contributed by atoms with van der Waals surface area (Å²) in [5, 5.41) is 2.59. The number of carbonyl (C=O) groups excluding carboxylic acids is 3. The molecule has 25 heavy (non-hydrogen) atoms. The zero-order chi connectivity index (χ0) is 18.4. The Hall–Kier alpha value is -2.41. The highest BCUT2D eigenvalue weighted by Gasteiger charge is 2.22. The molecule has 1 fully saturated rings. The predicted molar refractivity (Wildman–Crippen MR) is 95.0 cm³/mol. The van der Waals surface area contributed by atoms with Crippen molar-refractivity contribution in [3.8, 4) is 0 Å². The summed E-state index contributed by atoms with van der Waals surface area (Å²) >= 11 is 0. The molecule has 7 nitrogen and oxygen atoms in total. The molecular formula is C18H26N4O3. The number of rotatable bonds is 5. The third-order valence-corrected chi connectivity index (χ3v) is 4.38. The van der Waals surface area contributed by atoms with Gasteiger partial charge in [-0.05, 0) is 24.7 Å².